The van der Waals surface area contributed by atoms with Gasteiger partial charge in [0.1, 0.15) is 10.6 Å². The van der Waals surface area contributed by atoms with Crippen LogP contribution in [0.2, 0.25) is 0 Å². The Kier molecular flexibility index (Phi) is 4.32. The lowest BCUT2D eigenvalue weighted by Crippen LogP contribution is -2.47. The molecule has 90 valence electrons. The van der Waals surface area contributed by atoms with Gasteiger partial charge in [-0.25, -0.2) is 4.98 Å². The number of hydrogen-bond donors (Lipinski definition) is 2. The van der Waals surface area contributed by atoms with E-state index in [9.17, 15) is 4.79 Å². The highest BCUT2D eigenvalue weighted by Gasteiger charge is 2.19. The molecule has 0 aliphatic heterocycles. The zero-order chi connectivity index (χ0) is 12.3. The van der Waals surface area contributed by atoms with Crippen molar-refractivity contribution in [2.75, 3.05) is 5.32 Å². The Hall–Kier alpha value is -0.620. The summed E-state index contributed by atoms with van der Waals surface area (Å²) in [4.78, 5) is 15.9. The van der Waals surface area contributed by atoms with Crippen LogP contribution in [-0.4, -0.2) is 22.5 Å². The van der Waals surface area contributed by atoms with Gasteiger partial charge in [0, 0.05) is 10.9 Å². The van der Waals surface area contributed by atoms with Gasteiger partial charge in [0.05, 0.1) is 0 Å². The van der Waals surface area contributed by atoms with E-state index in [1.165, 1.54) is 11.3 Å². The number of hydrogen-bond acceptors (Lipinski definition) is 4. The minimum absolute atomic E-state index is 0.0289. The summed E-state index contributed by atoms with van der Waals surface area (Å²) in [5.74, 6) is -0.0289. The maximum Gasteiger partial charge on any atom is 0.242 e. The molecule has 16 heavy (non-hydrogen) atoms. The molecule has 1 amide bonds. The van der Waals surface area contributed by atoms with Crippen LogP contribution in [0.1, 0.15) is 27.7 Å². The van der Waals surface area contributed by atoms with Gasteiger partial charge in [-0.05, 0) is 43.6 Å². The molecule has 1 rings (SSSR count). The Bertz CT molecular complexity index is 372. The number of halogens is 1. The Labute approximate surface area is 108 Å². The highest BCUT2D eigenvalue weighted by molar-refractivity contribution is 9.10. The van der Waals surface area contributed by atoms with E-state index >= 15 is 0 Å². The summed E-state index contributed by atoms with van der Waals surface area (Å²) in [5, 5.41) is 8.57. The number of amides is 1. The smallest absolute Gasteiger partial charge is 0.242 e. The van der Waals surface area contributed by atoms with Crippen molar-refractivity contribution in [3.63, 3.8) is 0 Å². The maximum atomic E-state index is 11.8. The topological polar surface area (TPSA) is 54.0 Å². The summed E-state index contributed by atoms with van der Waals surface area (Å²) in [7, 11) is 0. The third kappa shape index (κ3) is 4.49. The van der Waals surface area contributed by atoms with Gasteiger partial charge in [-0.1, -0.05) is 0 Å². The van der Waals surface area contributed by atoms with Gasteiger partial charge in [-0.15, -0.1) is 11.3 Å². The summed E-state index contributed by atoms with van der Waals surface area (Å²) < 4.78 is 0.781. The first-order chi connectivity index (χ1) is 7.28. The van der Waals surface area contributed by atoms with E-state index in [-0.39, 0.29) is 17.5 Å². The molecule has 0 saturated carbocycles. The number of thiazole rings is 1. The lowest BCUT2D eigenvalue weighted by atomic mass is 10.1. The van der Waals surface area contributed by atoms with Crippen molar-refractivity contribution in [1.82, 2.24) is 10.3 Å². The molecule has 1 aromatic heterocycles. The second-order valence-electron chi connectivity index (χ2n) is 4.58. The monoisotopic (exact) mass is 305 g/mol. The first-order valence-corrected chi connectivity index (χ1v) is 6.65. The molecule has 0 bridgehead atoms. The fourth-order valence-corrected chi connectivity index (χ4v) is 2.28. The van der Waals surface area contributed by atoms with Crippen molar-refractivity contribution in [3.05, 3.63) is 9.98 Å². The van der Waals surface area contributed by atoms with Gasteiger partial charge in [-0.2, -0.15) is 0 Å². The number of carbonyl (C=O) groups is 1. The zero-order valence-electron chi connectivity index (χ0n) is 9.80. The Morgan fingerprint density at radius 3 is 2.62 bits per heavy atom. The molecule has 0 saturated heterocycles. The van der Waals surface area contributed by atoms with Gasteiger partial charge in [0.2, 0.25) is 5.91 Å². The molecular weight excluding hydrogens is 290 g/mol. The van der Waals surface area contributed by atoms with E-state index in [1.807, 2.05) is 33.1 Å². The Morgan fingerprint density at radius 2 is 2.19 bits per heavy atom. The highest BCUT2D eigenvalue weighted by atomic mass is 79.9. The van der Waals surface area contributed by atoms with Gasteiger partial charge in [0.15, 0.2) is 5.13 Å². The van der Waals surface area contributed by atoms with Crippen LogP contribution < -0.4 is 10.6 Å². The van der Waals surface area contributed by atoms with Crippen LogP contribution in [0.3, 0.4) is 0 Å². The summed E-state index contributed by atoms with van der Waals surface area (Å²) >= 11 is 4.73. The van der Waals surface area contributed by atoms with E-state index < -0.39 is 0 Å². The SMILES string of the molecule is CC(Nc1nc(Br)cs1)C(=O)NC(C)(C)C. The Morgan fingerprint density at radius 1 is 1.56 bits per heavy atom. The molecule has 0 spiro atoms. The summed E-state index contributed by atoms with van der Waals surface area (Å²) in [6, 6.07) is -0.294. The number of aromatic nitrogens is 1. The van der Waals surface area contributed by atoms with Crippen molar-refractivity contribution >= 4 is 38.3 Å². The van der Waals surface area contributed by atoms with E-state index in [4.69, 9.17) is 0 Å². The van der Waals surface area contributed by atoms with Crippen molar-refractivity contribution in [2.45, 2.75) is 39.3 Å². The number of rotatable bonds is 3. The average molecular weight is 306 g/mol. The molecule has 6 heteroatoms. The molecule has 0 aliphatic carbocycles. The van der Waals surface area contributed by atoms with Gasteiger partial charge in [-0.3, -0.25) is 4.79 Å². The first kappa shape index (κ1) is 13.4. The molecule has 1 aromatic rings. The van der Waals surface area contributed by atoms with Crippen LogP contribution in [0.5, 0.6) is 0 Å². The predicted molar refractivity (Wildman–Crippen MR) is 70.8 cm³/mol. The van der Waals surface area contributed by atoms with E-state index in [0.29, 0.717) is 0 Å². The van der Waals surface area contributed by atoms with E-state index in [0.717, 1.165) is 9.73 Å². The molecule has 1 heterocycles. The third-order valence-electron chi connectivity index (χ3n) is 1.71. The van der Waals surface area contributed by atoms with Crippen LogP contribution in [0.15, 0.2) is 9.98 Å². The molecular formula is C10H16BrN3OS. The number of nitrogens with one attached hydrogen (secondary N) is 2. The standard InChI is InChI=1S/C10H16BrN3OS/c1-6(8(15)14-10(2,3)4)12-9-13-7(11)5-16-9/h5-6H,1-4H3,(H,12,13)(H,14,15). The van der Waals surface area contributed by atoms with Crippen molar-refractivity contribution in [3.8, 4) is 0 Å². The maximum absolute atomic E-state index is 11.8. The minimum Gasteiger partial charge on any atom is -0.350 e. The fraction of sp³-hybridized carbons (Fsp3) is 0.600. The second kappa shape index (κ2) is 5.14. The Balaban J connectivity index is 2.52. The van der Waals surface area contributed by atoms with Gasteiger partial charge in [0.25, 0.3) is 0 Å². The van der Waals surface area contributed by atoms with Gasteiger partial charge >= 0.3 is 0 Å². The minimum atomic E-state index is -0.294. The first-order valence-electron chi connectivity index (χ1n) is 4.97. The lowest BCUT2D eigenvalue weighted by molar-refractivity contribution is -0.122. The van der Waals surface area contributed by atoms with Gasteiger partial charge < -0.3 is 10.6 Å². The lowest BCUT2D eigenvalue weighted by Gasteiger charge is -2.23. The normalized spacial score (nSPS) is 13.3. The van der Waals surface area contributed by atoms with Crippen LogP contribution >= 0.6 is 27.3 Å². The van der Waals surface area contributed by atoms with Crippen molar-refractivity contribution in [1.29, 1.82) is 0 Å². The largest absolute Gasteiger partial charge is 0.350 e. The molecule has 1 atom stereocenters. The van der Waals surface area contributed by atoms with Crippen LogP contribution in [0, 0.1) is 0 Å². The average Bonchev–Trinajstić information content (AvgIpc) is 2.48. The number of carbonyl (C=O) groups excluding carboxylic acids is 1. The molecule has 0 fully saturated rings. The highest BCUT2D eigenvalue weighted by Crippen LogP contribution is 2.20. The molecule has 1 unspecified atom stereocenters. The number of nitrogens with zero attached hydrogens (tertiary/aromatic N) is 1. The zero-order valence-corrected chi connectivity index (χ0v) is 12.2. The van der Waals surface area contributed by atoms with Crippen LogP contribution in [0.4, 0.5) is 5.13 Å². The van der Waals surface area contributed by atoms with Crippen LogP contribution in [-0.2, 0) is 4.79 Å². The van der Waals surface area contributed by atoms with Crippen LogP contribution in [0.25, 0.3) is 0 Å². The third-order valence-corrected chi connectivity index (χ3v) is 3.19. The van der Waals surface area contributed by atoms with Crippen molar-refractivity contribution < 1.29 is 4.79 Å². The molecule has 0 radical (unpaired) electrons. The molecule has 0 aliphatic rings. The van der Waals surface area contributed by atoms with E-state index in [2.05, 4.69) is 31.5 Å². The number of anilines is 1. The summed E-state index contributed by atoms with van der Waals surface area (Å²) in [5.41, 5.74) is -0.212. The summed E-state index contributed by atoms with van der Waals surface area (Å²) in [6.45, 7) is 7.68. The quantitative estimate of drug-likeness (QED) is 0.902. The van der Waals surface area contributed by atoms with E-state index in [1.54, 1.807) is 0 Å². The molecule has 2 N–H and O–H groups in total. The predicted octanol–water partition coefficient (Wildman–Crippen LogP) is 2.62. The fourth-order valence-electron chi connectivity index (χ4n) is 1.05. The van der Waals surface area contributed by atoms with Crippen molar-refractivity contribution in [2.24, 2.45) is 0 Å². The molecule has 0 aromatic carbocycles. The second-order valence-corrected chi connectivity index (χ2v) is 6.25. The summed E-state index contributed by atoms with van der Waals surface area (Å²) in [6.07, 6.45) is 0. The molecule has 4 nitrogen and oxygen atoms in total.